The first-order valence-electron chi connectivity index (χ1n) is 11.6. The molecule has 3 rings (SSSR count). The molecule has 1 saturated carbocycles. The van der Waals surface area contributed by atoms with Crippen molar-refractivity contribution in [3.63, 3.8) is 0 Å². The molecule has 2 aromatic carbocycles. The average Bonchev–Trinajstić information content (AvgIpc) is 3.60. The minimum absolute atomic E-state index is 0.0183. The van der Waals surface area contributed by atoms with Crippen LogP contribution in [0.2, 0.25) is 0 Å². The van der Waals surface area contributed by atoms with E-state index in [9.17, 15) is 14.0 Å². The molecular formula is C27H34F2N2. The monoisotopic (exact) mass is 424 g/mol. The Morgan fingerprint density at radius 3 is 2.23 bits per heavy atom. The summed E-state index contributed by atoms with van der Waals surface area (Å²) in [5.41, 5.74) is 0.210. The smallest absolute Gasteiger partial charge is 0.130 e. The predicted octanol–water partition coefficient (Wildman–Crippen LogP) is 6.65. The molecule has 0 aromatic heterocycles. The summed E-state index contributed by atoms with van der Waals surface area (Å²) < 4.78 is 29.4. The lowest BCUT2D eigenvalue weighted by Crippen LogP contribution is -2.43. The highest BCUT2D eigenvalue weighted by Crippen LogP contribution is 2.51. The van der Waals surface area contributed by atoms with Crippen LogP contribution in [0.3, 0.4) is 0 Å². The molecule has 0 bridgehead atoms. The van der Waals surface area contributed by atoms with Crippen molar-refractivity contribution in [1.29, 1.82) is 5.26 Å². The average molecular weight is 425 g/mol. The van der Waals surface area contributed by atoms with Crippen LogP contribution in [0.25, 0.3) is 0 Å². The molecule has 2 nitrogen and oxygen atoms in total. The van der Waals surface area contributed by atoms with Crippen molar-refractivity contribution in [2.75, 3.05) is 6.54 Å². The van der Waals surface area contributed by atoms with E-state index >= 15 is 0 Å². The zero-order chi connectivity index (χ0) is 22.4. The van der Waals surface area contributed by atoms with E-state index in [4.69, 9.17) is 0 Å². The third-order valence-corrected chi connectivity index (χ3v) is 6.86. The number of nitrogens with zero attached hydrogens (tertiary/aromatic N) is 2. The third-order valence-electron chi connectivity index (χ3n) is 6.86. The number of hydrogen-bond acceptors (Lipinski definition) is 2. The van der Waals surface area contributed by atoms with Crippen molar-refractivity contribution >= 4 is 0 Å². The largest absolute Gasteiger partial charge is 0.298 e. The number of halogens is 2. The van der Waals surface area contributed by atoms with Crippen molar-refractivity contribution < 1.29 is 8.78 Å². The lowest BCUT2D eigenvalue weighted by atomic mass is 9.72. The van der Waals surface area contributed by atoms with E-state index in [0.717, 1.165) is 38.6 Å². The van der Waals surface area contributed by atoms with Gasteiger partial charge in [-0.1, -0.05) is 43.3 Å². The Morgan fingerprint density at radius 1 is 1.06 bits per heavy atom. The van der Waals surface area contributed by atoms with Crippen LogP contribution in [0, 0.1) is 28.9 Å². The molecule has 1 fully saturated rings. The van der Waals surface area contributed by atoms with E-state index in [2.05, 4.69) is 56.0 Å². The van der Waals surface area contributed by atoms with Gasteiger partial charge in [0.15, 0.2) is 0 Å². The maximum Gasteiger partial charge on any atom is 0.130 e. The van der Waals surface area contributed by atoms with Crippen LogP contribution in [0.15, 0.2) is 48.5 Å². The SMILES string of the molecule is CCC(CCC(C#N)(c1c(F)cccc1F)C1CC1)N(CCc1ccccc1)C(C)C. The number of rotatable bonds is 11. The molecular weight excluding hydrogens is 390 g/mol. The minimum Gasteiger partial charge on any atom is -0.298 e. The van der Waals surface area contributed by atoms with Gasteiger partial charge < -0.3 is 0 Å². The molecule has 0 spiro atoms. The van der Waals surface area contributed by atoms with Crippen LogP contribution in [0.5, 0.6) is 0 Å². The van der Waals surface area contributed by atoms with Crippen LogP contribution in [0.4, 0.5) is 8.78 Å². The van der Waals surface area contributed by atoms with Crippen LogP contribution in [-0.4, -0.2) is 23.5 Å². The summed E-state index contributed by atoms with van der Waals surface area (Å²) >= 11 is 0. The van der Waals surface area contributed by atoms with Gasteiger partial charge in [0.1, 0.15) is 11.6 Å². The molecule has 0 amide bonds. The van der Waals surface area contributed by atoms with Crippen LogP contribution < -0.4 is 0 Å². The van der Waals surface area contributed by atoms with E-state index in [1.807, 2.05) is 6.07 Å². The summed E-state index contributed by atoms with van der Waals surface area (Å²) in [6.07, 6.45) is 4.86. The predicted molar refractivity (Wildman–Crippen MR) is 122 cm³/mol. The Labute approximate surface area is 185 Å². The van der Waals surface area contributed by atoms with E-state index in [-0.39, 0.29) is 17.5 Å². The highest BCUT2D eigenvalue weighted by atomic mass is 19.1. The van der Waals surface area contributed by atoms with Gasteiger partial charge in [0, 0.05) is 24.2 Å². The van der Waals surface area contributed by atoms with Crippen molar-refractivity contribution in [3.05, 3.63) is 71.3 Å². The topological polar surface area (TPSA) is 27.0 Å². The Hall–Kier alpha value is -2.25. The Bertz CT molecular complexity index is 866. The third kappa shape index (κ3) is 5.33. The van der Waals surface area contributed by atoms with Crippen LogP contribution in [-0.2, 0) is 11.8 Å². The summed E-state index contributed by atoms with van der Waals surface area (Å²) in [6.45, 7) is 7.49. The second kappa shape index (κ2) is 10.4. The van der Waals surface area contributed by atoms with Crippen molar-refractivity contribution in [2.45, 2.75) is 76.8 Å². The Kier molecular flexibility index (Phi) is 7.84. The molecule has 4 heteroatoms. The fraction of sp³-hybridized carbons (Fsp3) is 0.519. The van der Waals surface area contributed by atoms with Crippen molar-refractivity contribution in [3.8, 4) is 6.07 Å². The molecule has 2 atom stereocenters. The van der Waals surface area contributed by atoms with Gasteiger partial charge in [0.05, 0.1) is 11.5 Å². The van der Waals surface area contributed by atoms with Crippen molar-refractivity contribution in [1.82, 2.24) is 4.90 Å². The second-order valence-corrected chi connectivity index (χ2v) is 9.12. The van der Waals surface area contributed by atoms with Gasteiger partial charge in [-0.2, -0.15) is 5.26 Å². The van der Waals surface area contributed by atoms with Gasteiger partial charge in [-0.05, 0) is 76.0 Å². The van der Waals surface area contributed by atoms with Crippen molar-refractivity contribution in [2.24, 2.45) is 5.92 Å². The standard InChI is InChI=1S/C27H34F2N2/c1-4-23(31(20(2)3)18-16-21-9-6-5-7-10-21)15-17-27(19-30,22-13-14-22)26-24(28)11-8-12-25(26)29/h5-12,20,22-23H,4,13-18H2,1-3H3. The molecule has 31 heavy (non-hydrogen) atoms. The summed E-state index contributed by atoms with van der Waals surface area (Å²) in [4.78, 5) is 2.49. The second-order valence-electron chi connectivity index (χ2n) is 9.12. The normalized spacial score (nSPS) is 16.8. The fourth-order valence-corrected chi connectivity index (χ4v) is 5.00. The summed E-state index contributed by atoms with van der Waals surface area (Å²) in [7, 11) is 0. The number of nitriles is 1. The highest BCUT2D eigenvalue weighted by molar-refractivity contribution is 5.38. The van der Waals surface area contributed by atoms with Gasteiger partial charge in [-0.3, -0.25) is 4.90 Å². The Morgan fingerprint density at radius 2 is 1.71 bits per heavy atom. The summed E-state index contributed by atoms with van der Waals surface area (Å²) in [5, 5.41) is 10.2. The maximum atomic E-state index is 14.7. The summed E-state index contributed by atoms with van der Waals surface area (Å²) in [6, 6.07) is 17.4. The molecule has 2 aromatic rings. The van der Waals surface area contributed by atoms with Gasteiger partial charge in [-0.15, -0.1) is 0 Å². The summed E-state index contributed by atoms with van der Waals surface area (Å²) in [5.74, 6) is -1.14. The van der Waals surface area contributed by atoms with Crippen LogP contribution in [0.1, 0.15) is 64.0 Å². The molecule has 0 aliphatic heterocycles. The van der Waals surface area contributed by atoms with Gasteiger partial charge in [-0.25, -0.2) is 8.78 Å². The number of hydrogen-bond donors (Lipinski definition) is 0. The fourth-order valence-electron chi connectivity index (χ4n) is 5.00. The molecule has 166 valence electrons. The molecule has 0 heterocycles. The maximum absolute atomic E-state index is 14.7. The molecule has 1 aliphatic rings. The first-order valence-corrected chi connectivity index (χ1v) is 11.6. The quantitative estimate of drug-likeness (QED) is 0.404. The van der Waals surface area contributed by atoms with E-state index < -0.39 is 17.0 Å². The van der Waals surface area contributed by atoms with Gasteiger partial charge in [0.2, 0.25) is 0 Å². The number of benzene rings is 2. The van der Waals surface area contributed by atoms with Crippen LogP contribution >= 0.6 is 0 Å². The molecule has 0 radical (unpaired) electrons. The highest BCUT2D eigenvalue weighted by Gasteiger charge is 2.49. The van der Waals surface area contributed by atoms with E-state index in [0.29, 0.717) is 12.5 Å². The lowest BCUT2D eigenvalue weighted by molar-refractivity contribution is 0.134. The van der Waals surface area contributed by atoms with E-state index in [1.165, 1.54) is 23.8 Å². The minimum atomic E-state index is -1.08. The van der Waals surface area contributed by atoms with E-state index in [1.54, 1.807) is 0 Å². The lowest BCUT2D eigenvalue weighted by Gasteiger charge is -2.37. The first-order chi connectivity index (χ1) is 14.9. The zero-order valence-electron chi connectivity index (χ0n) is 19.0. The zero-order valence-corrected chi connectivity index (χ0v) is 19.0. The molecule has 2 unspecified atom stereocenters. The molecule has 0 saturated heterocycles. The Balaban J connectivity index is 1.79. The first kappa shape index (κ1) is 23.4. The molecule has 0 N–H and O–H groups in total. The van der Waals surface area contributed by atoms with Gasteiger partial charge in [0.25, 0.3) is 0 Å². The molecule has 1 aliphatic carbocycles. The van der Waals surface area contributed by atoms with Gasteiger partial charge >= 0.3 is 0 Å².